The average Bonchev–Trinajstić information content (AvgIpc) is 2.73. The number of methoxy groups -OCH3 is 1. The van der Waals surface area contributed by atoms with E-state index < -0.39 is 0 Å². The van der Waals surface area contributed by atoms with Crippen LogP contribution in [-0.4, -0.2) is 42.7 Å². The highest BCUT2D eigenvalue weighted by Gasteiger charge is 2.18. The van der Waals surface area contributed by atoms with Gasteiger partial charge >= 0.3 is 0 Å². The minimum atomic E-state index is 0.411. The van der Waals surface area contributed by atoms with Crippen LogP contribution in [0, 0.1) is 0 Å². The number of hydrogen-bond donors (Lipinski definition) is 1. The Kier molecular flexibility index (Phi) is 4.15. The van der Waals surface area contributed by atoms with Crippen molar-refractivity contribution in [3.05, 3.63) is 11.1 Å². The lowest BCUT2D eigenvalue weighted by Crippen LogP contribution is -2.40. The van der Waals surface area contributed by atoms with Crippen LogP contribution in [0.5, 0.6) is 0 Å². The molecule has 0 amide bonds. The second-order valence-electron chi connectivity index (χ2n) is 4.23. The Morgan fingerprint density at radius 2 is 2.56 bits per heavy atom. The summed E-state index contributed by atoms with van der Waals surface area (Å²) in [6, 6.07) is 0. The lowest BCUT2D eigenvalue weighted by Gasteiger charge is -2.31. The van der Waals surface area contributed by atoms with Gasteiger partial charge in [0.1, 0.15) is 0 Å². The van der Waals surface area contributed by atoms with E-state index in [9.17, 15) is 0 Å². The number of piperidine rings is 1. The third kappa shape index (κ3) is 3.17. The molecule has 0 bridgehead atoms. The van der Waals surface area contributed by atoms with Crippen molar-refractivity contribution in [2.75, 3.05) is 32.5 Å². The molecule has 1 unspecified atom stereocenters. The van der Waals surface area contributed by atoms with Crippen molar-refractivity contribution in [1.82, 2.24) is 9.88 Å². The van der Waals surface area contributed by atoms with Crippen LogP contribution < -0.4 is 5.73 Å². The van der Waals surface area contributed by atoms with Gasteiger partial charge in [0, 0.05) is 32.0 Å². The number of ether oxygens (including phenoxy) is 1. The molecule has 1 aromatic heterocycles. The van der Waals surface area contributed by atoms with Crippen LogP contribution in [0.25, 0.3) is 0 Å². The molecule has 1 saturated heterocycles. The van der Waals surface area contributed by atoms with E-state index in [4.69, 9.17) is 10.5 Å². The fourth-order valence-corrected chi connectivity index (χ4v) is 2.72. The summed E-state index contributed by atoms with van der Waals surface area (Å²) in [5.74, 6) is 0. The summed E-state index contributed by atoms with van der Waals surface area (Å²) in [6.07, 6.45) is 3.83. The topological polar surface area (TPSA) is 51.4 Å². The van der Waals surface area contributed by atoms with Crippen LogP contribution in [0.1, 0.15) is 18.5 Å². The lowest BCUT2D eigenvalue weighted by atomic mass is 10.1. The van der Waals surface area contributed by atoms with Crippen molar-refractivity contribution in [2.45, 2.75) is 25.4 Å². The molecule has 90 valence electrons. The Balaban J connectivity index is 1.77. The standard InChI is InChI=1S/C11H19N3OS/c1-15-10-3-2-5-14(7-10)6-4-9-8-16-11(12)13-9/h8,10H,2-7H2,1H3,(H2,12,13). The normalized spacial score (nSPS) is 22.4. The van der Waals surface area contributed by atoms with E-state index in [0.717, 1.165) is 25.2 Å². The SMILES string of the molecule is COC1CCCN(CCc2csc(N)n2)C1. The monoisotopic (exact) mass is 241 g/mol. The first-order valence-electron chi connectivity index (χ1n) is 5.73. The van der Waals surface area contributed by atoms with Gasteiger partial charge in [-0.1, -0.05) is 0 Å². The highest BCUT2D eigenvalue weighted by molar-refractivity contribution is 7.13. The number of nitrogen functional groups attached to an aromatic ring is 1. The number of rotatable bonds is 4. The quantitative estimate of drug-likeness (QED) is 0.865. The highest BCUT2D eigenvalue weighted by Crippen LogP contribution is 2.15. The molecule has 16 heavy (non-hydrogen) atoms. The molecule has 0 aliphatic carbocycles. The summed E-state index contributed by atoms with van der Waals surface area (Å²) >= 11 is 1.52. The number of likely N-dealkylation sites (tertiary alicyclic amines) is 1. The number of nitrogens with zero attached hydrogens (tertiary/aromatic N) is 2. The zero-order chi connectivity index (χ0) is 11.4. The van der Waals surface area contributed by atoms with Crippen LogP contribution in [0.4, 0.5) is 5.13 Å². The number of aromatic nitrogens is 1. The van der Waals surface area contributed by atoms with Crippen molar-refractivity contribution in [2.24, 2.45) is 0 Å². The van der Waals surface area contributed by atoms with E-state index in [1.54, 1.807) is 7.11 Å². The first-order chi connectivity index (χ1) is 7.78. The van der Waals surface area contributed by atoms with Crippen molar-refractivity contribution in [3.63, 3.8) is 0 Å². The Morgan fingerprint density at radius 1 is 1.69 bits per heavy atom. The Bertz CT molecular complexity index is 329. The summed E-state index contributed by atoms with van der Waals surface area (Å²) in [5.41, 5.74) is 6.72. The Hall–Kier alpha value is -0.650. The summed E-state index contributed by atoms with van der Waals surface area (Å²) in [4.78, 5) is 6.72. The molecule has 2 rings (SSSR count). The molecular formula is C11H19N3OS. The van der Waals surface area contributed by atoms with Gasteiger partial charge < -0.3 is 15.4 Å². The molecular weight excluding hydrogens is 222 g/mol. The maximum absolute atomic E-state index is 5.60. The molecule has 2 heterocycles. The minimum Gasteiger partial charge on any atom is -0.380 e. The molecule has 4 nitrogen and oxygen atoms in total. The number of nitrogens with two attached hydrogens (primary N) is 1. The third-order valence-corrected chi connectivity index (χ3v) is 3.77. The van der Waals surface area contributed by atoms with Gasteiger partial charge in [0.2, 0.25) is 0 Å². The second kappa shape index (κ2) is 5.61. The van der Waals surface area contributed by atoms with Crippen LogP contribution in [-0.2, 0) is 11.2 Å². The molecule has 5 heteroatoms. The largest absolute Gasteiger partial charge is 0.380 e. The van der Waals surface area contributed by atoms with Crippen molar-refractivity contribution >= 4 is 16.5 Å². The summed E-state index contributed by atoms with van der Waals surface area (Å²) in [5, 5.41) is 2.72. The molecule has 0 aromatic carbocycles. The summed E-state index contributed by atoms with van der Waals surface area (Å²) in [6.45, 7) is 3.29. The fraction of sp³-hybridized carbons (Fsp3) is 0.727. The molecule has 0 radical (unpaired) electrons. The predicted molar refractivity (Wildman–Crippen MR) is 66.7 cm³/mol. The maximum atomic E-state index is 5.60. The van der Waals surface area contributed by atoms with E-state index >= 15 is 0 Å². The molecule has 1 aliphatic rings. The van der Waals surface area contributed by atoms with E-state index in [1.165, 1.54) is 30.7 Å². The number of thiazole rings is 1. The van der Waals surface area contributed by atoms with Gasteiger partial charge in [-0.15, -0.1) is 11.3 Å². The van der Waals surface area contributed by atoms with Crippen molar-refractivity contribution < 1.29 is 4.74 Å². The number of anilines is 1. The summed E-state index contributed by atoms with van der Waals surface area (Å²) in [7, 11) is 1.80. The number of hydrogen-bond acceptors (Lipinski definition) is 5. The molecule has 1 atom stereocenters. The third-order valence-electron chi connectivity index (χ3n) is 3.05. The molecule has 0 spiro atoms. The summed E-state index contributed by atoms with van der Waals surface area (Å²) < 4.78 is 5.40. The Labute approximate surface area is 100 Å². The zero-order valence-corrected chi connectivity index (χ0v) is 10.5. The lowest BCUT2D eigenvalue weighted by molar-refractivity contribution is 0.0318. The van der Waals surface area contributed by atoms with Gasteiger partial charge in [0.05, 0.1) is 11.8 Å². The average molecular weight is 241 g/mol. The molecule has 1 aromatic rings. The predicted octanol–water partition coefficient (Wildman–Crippen LogP) is 1.38. The van der Waals surface area contributed by atoms with Crippen molar-refractivity contribution in [1.29, 1.82) is 0 Å². The second-order valence-corrected chi connectivity index (χ2v) is 5.12. The highest BCUT2D eigenvalue weighted by atomic mass is 32.1. The van der Waals surface area contributed by atoms with Gasteiger partial charge in [0.25, 0.3) is 0 Å². The smallest absolute Gasteiger partial charge is 0.180 e. The van der Waals surface area contributed by atoms with Gasteiger partial charge in [0.15, 0.2) is 5.13 Å². The molecule has 2 N–H and O–H groups in total. The van der Waals surface area contributed by atoms with Crippen LogP contribution >= 0.6 is 11.3 Å². The van der Waals surface area contributed by atoms with E-state index in [-0.39, 0.29) is 0 Å². The van der Waals surface area contributed by atoms with Crippen LogP contribution in [0.3, 0.4) is 0 Å². The molecule has 1 fully saturated rings. The molecule has 1 aliphatic heterocycles. The fourth-order valence-electron chi connectivity index (χ4n) is 2.12. The minimum absolute atomic E-state index is 0.411. The van der Waals surface area contributed by atoms with E-state index in [0.29, 0.717) is 11.2 Å². The van der Waals surface area contributed by atoms with Gasteiger partial charge in [-0.2, -0.15) is 0 Å². The van der Waals surface area contributed by atoms with E-state index in [1.807, 2.05) is 5.38 Å². The van der Waals surface area contributed by atoms with E-state index in [2.05, 4.69) is 9.88 Å². The van der Waals surface area contributed by atoms with Gasteiger partial charge in [-0.3, -0.25) is 0 Å². The molecule has 0 saturated carbocycles. The van der Waals surface area contributed by atoms with Crippen molar-refractivity contribution in [3.8, 4) is 0 Å². The van der Waals surface area contributed by atoms with Crippen LogP contribution in [0.2, 0.25) is 0 Å². The van der Waals surface area contributed by atoms with Gasteiger partial charge in [-0.25, -0.2) is 4.98 Å². The van der Waals surface area contributed by atoms with Gasteiger partial charge in [-0.05, 0) is 19.4 Å². The Morgan fingerprint density at radius 3 is 3.25 bits per heavy atom. The zero-order valence-electron chi connectivity index (χ0n) is 9.69. The van der Waals surface area contributed by atoms with Crippen LogP contribution in [0.15, 0.2) is 5.38 Å². The maximum Gasteiger partial charge on any atom is 0.180 e. The first kappa shape index (κ1) is 11.8. The first-order valence-corrected chi connectivity index (χ1v) is 6.61.